The van der Waals surface area contributed by atoms with Crippen LogP contribution in [0.3, 0.4) is 0 Å². The summed E-state index contributed by atoms with van der Waals surface area (Å²) in [6.45, 7) is 3.78. The Kier molecular flexibility index (Phi) is 5.84. The molecule has 0 saturated heterocycles. The third kappa shape index (κ3) is 4.42. The van der Waals surface area contributed by atoms with Gasteiger partial charge in [0.2, 0.25) is 0 Å². The number of rotatable bonds is 5. The van der Waals surface area contributed by atoms with Crippen LogP contribution in [0.2, 0.25) is 0 Å². The number of amides is 2. The standard InChI is InChI=1S/C21H28N4O3/c1-14(15-7-5-4-6-8-15)25-18(13-17(24-25)19(26)22-3)20(27)23-16-9-11-21(2,28)12-10-16/h4-8,13-14,16,28H,9-12H2,1-3H3,(H,22,26)(H,23,27)/t14-,16?,21?/m0/s1. The van der Waals surface area contributed by atoms with Crippen molar-refractivity contribution in [3.63, 3.8) is 0 Å². The maximum atomic E-state index is 13.0. The van der Waals surface area contributed by atoms with E-state index in [1.807, 2.05) is 44.2 Å². The van der Waals surface area contributed by atoms with Crippen LogP contribution in [0, 0.1) is 0 Å². The molecule has 0 aliphatic heterocycles. The van der Waals surface area contributed by atoms with Gasteiger partial charge in [-0.15, -0.1) is 0 Å². The molecule has 1 fully saturated rings. The summed E-state index contributed by atoms with van der Waals surface area (Å²) in [4.78, 5) is 25.1. The average molecular weight is 384 g/mol. The lowest BCUT2D eigenvalue weighted by Gasteiger charge is -2.33. The van der Waals surface area contributed by atoms with Crippen LogP contribution in [-0.4, -0.2) is 45.4 Å². The van der Waals surface area contributed by atoms with Gasteiger partial charge in [-0.25, -0.2) is 0 Å². The molecule has 1 aliphatic rings. The fourth-order valence-corrected chi connectivity index (χ4v) is 3.61. The number of aliphatic hydroxyl groups is 1. The summed E-state index contributed by atoms with van der Waals surface area (Å²) in [6, 6.07) is 11.1. The fraction of sp³-hybridized carbons (Fsp3) is 0.476. The van der Waals surface area contributed by atoms with Crippen LogP contribution < -0.4 is 10.6 Å². The van der Waals surface area contributed by atoms with Crippen LogP contribution in [0.5, 0.6) is 0 Å². The number of nitrogens with zero attached hydrogens (tertiary/aromatic N) is 2. The third-order valence-corrected chi connectivity index (χ3v) is 5.47. The van der Waals surface area contributed by atoms with E-state index in [0.29, 0.717) is 18.5 Å². The molecule has 1 saturated carbocycles. The van der Waals surface area contributed by atoms with Crippen molar-refractivity contribution < 1.29 is 14.7 Å². The maximum Gasteiger partial charge on any atom is 0.271 e. The van der Waals surface area contributed by atoms with Crippen molar-refractivity contribution in [3.8, 4) is 0 Å². The molecule has 3 N–H and O–H groups in total. The van der Waals surface area contributed by atoms with E-state index >= 15 is 0 Å². The van der Waals surface area contributed by atoms with Gasteiger partial charge in [-0.05, 0) is 45.1 Å². The van der Waals surface area contributed by atoms with Crippen LogP contribution in [0.25, 0.3) is 0 Å². The molecule has 0 spiro atoms. The predicted octanol–water partition coefficient (Wildman–Crippen LogP) is 2.28. The fourth-order valence-electron chi connectivity index (χ4n) is 3.61. The van der Waals surface area contributed by atoms with Crippen LogP contribution in [-0.2, 0) is 0 Å². The Hall–Kier alpha value is -2.67. The molecule has 1 aromatic heterocycles. The Bertz CT molecular complexity index is 835. The zero-order valence-corrected chi connectivity index (χ0v) is 16.6. The minimum atomic E-state index is -0.656. The molecule has 2 amide bonds. The summed E-state index contributed by atoms with van der Waals surface area (Å²) < 4.78 is 1.61. The first-order valence-corrected chi connectivity index (χ1v) is 9.70. The lowest BCUT2D eigenvalue weighted by Crippen LogP contribution is -2.42. The number of nitrogens with one attached hydrogen (secondary N) is 2. The van der Waals surface area contributed by atoms with Crippen molar-refractivity contribution >= 4 is 11.8 Å². The van der Waals surface area contributed by atoms with E-state index in [-0.39, 0.29) is 29.6 Å². The molecule has 1 aromatic carbocycles. The van der Waals surface area contributed by atoms with E-state index in [0.717, 1.165) is 18.4 Å². The van der Waals surface area contributed by atoms with E-state index < -0.39 is 5.60 Å². The van der Waals surface area contributed by atoms with E-state index in [2.05, 4.69) is 15.7 Å². The van der Waals surface area contributed by atoms with E-state index in [4.69, 9.17) is 0 Å². The Labute approximate surface area is 165 Å². The van der Waals surface area contributed by atoms with Crippen molar-refractivity contribution in [2.24, 2.45) is 0 Å². The SMILES string of the molecule is CNC(=O)c1cc(C(=O)NC2CCC(C)(O)CC2)n([C@@H](C)c2ccccc2)n1. The second kappa shape index (κ2) is 8.14. The van der Waals surface area contributed by atoms with Crippen LogP contribution in [0.1, 0.15) is 72.1 Å². The van der Waals surface area contributed by atoms with Crippen molar-refractivity contribution in [1.29, 1.82) is 0 Å². The van der Waals surface area contributed by atoms with Crippen LogP contribution in [0.4, 0.5) is 0 Å². The highest BCUT2D eigenvalue weighted by atomic mass is 16.3. The molecule has 0 radical (unpaired) electrons. The topological polar surface area (TPSA) is 96.3 Å². The van der Waals surface area contributed by atoms with Gasteiger partial charge in [0, 0.05) is 19.2 Å². The number of hydrogen-bond acceptors (Lipinski definition) is 4. The van der Waals surface area contributed by atoms with Crippen molar-refractivity contribution in [2.45, 2.75) is 57.2 Å². The van der Waals surface area contributed by atoms with Crippen LogP contribution in [0.15, 0.2) is 36.4 Å². The summed E-state index contributed by atoms with van der Waals surface area (Å²) in [7, 11) is 1.54. The first kappa shape index (κ1) is 20.1. The normalized spacial score (nSPS) is 23.1. The van der Waals surface area contributed by atoms with Gasteiger partial charge in [0.05, 0.1) is 11.6 Å². The molecule has 3 rings (SSSR count). The Morgan fingerprint density at radius 1 is 1.21 bits per heavy atom. The summed E-state index contributed by atoms with van der Waals surface area (Å²) in [5.74, 6) is -0.584. The van der Waals surface area contributed by atoms with Gasteiger partial charge < -0.3 is 15.7 Å². The zero-order valence-electron chi connectivity index (χ0n) is 16.6. The smallest absolute Gasteiger partial charge is 0.271 e. The minimum Gasteiger partial charge on any atom is -0.390 e. The Balaban J connectivity index is 1.85. The number of carbonyl (C=O) groups excluding carboxylic acids is 2. The quantitative estimate of drug-likeness (QED) is 0.737. The average Bonchev–Trinajstić information content (AvgIpc) is 3.14. The molecule has 7 heteroatoms. The lowest BCUT2D eigenvalue weighted by molar-refractivity contribution is 0.0140. The summed E-state index contributed by atoms with van der Waals surface area (Å²) in [5.41, 5.74) is 0.906. The molecule has 1 aliphatic carbocycles. The van der Waals surface area contributed by atoms with Gasteiger partial charge in [-0.1, -0.05) is 30.3 Å². The van der Waals surface area contributed by atoms with Gasteiger partial charge in [0.1, 0.15) is 5.69 Å². The monoisotopic (exact) mass is 384 g/mol. The van der Waals surface area contributed by atoms with E-state index in [1.54, 1.807) is 4.68 Å². The molecule has 0 bridgehead atoms. The highest BCUT2D eigenvalue weighted by Crippen LogP contribution is 2.28. The highest BCUT2D eigenvalue weighted by molar-refractivity contribution is 5.98. The number of aromatic nitrogens is 2. The molecule has 150 valence electrons. The molecule has 7 nitrogen and oxygen atoms in total. The highest BCUT2D eigenvalue weighted by Gasteiger charge is 2.30. The zero-order chi connectivity index (χ0) is 20.3. The van der Waals surface area contributed by atoms with Gasteiger partial charge in [0.25, 0.3) is 11.8 Å². The largest absolute Gasteiger partial charge is 0.390 e. The predicted molar refractivity (Wildman–Crippen MR) is 106 cm³/mol. The third-order valence-electron chi connectivity index (χ3n) is 5.47. The molecule has 1 heterocycles. The van der Waals surface area contributed by atoms with E-state index in [9.17, 15) is 14.7 Å². The summed E-state index contributed by atoms with van der Waals surface area (Å²) in [6.07, 6.45) is 2.76. The van der Waals surface area contributed by atoms with Crippen LogP contribution >= 0.6 is 0 Å². The van der Waals surface area contributed by atoms with E-state index in [1.165, 1.54) is 13.1 Å². The summed E-state index contributed by atoms with van der Waals surface area (Å²) in [5, 5.41) is 20.1. The van der Waals surface area contributed by atoms with Crippen molar-refractivity contribution in [1.82, 2.24) is 20.4 Å². The first-order chi connectivity index (χ1) is 13.3. The molecular weight excluding hydrogens is 356 g/mol. The second-order valence-electron chi connectivity index (χ2n) is 7.77. The molecular formula is C21H28N4O3. The number of hydrogen-bond donors (Lipinski definition) is 3. The lowest BCUT2D eigenvalue weighted by atomic mass is 9.83. The van der Waals surface area contributed by atoms with Crippen molar-refractivity contribution in [2.75, 3.05) is 7.05 Å². The van der Waals surface area contributed by atoms with Gasteiger partial charge in [0.15, 0.2) is 5.69 Å². The Morgan fingerprint density at radius 3 is 2.46 bits per heavy atom. The molecule has 28 heavy (non-hydrogen) atoms. The van der Waals surface area contributed by atoms with Crippen molar-refractivity contribution in [3.05, 3.63) is 53.3 Å². The van der Waals surface area contributed by atoms with Gasteiger partial charge in [-0.2, -0.15) is 5.10 Å². The minimum absolute atomic E-state index is 0.00607. The molecule has 0 unspecified atom stereocenters. The first-order valence-electron chi connectivity index (χ1n) is 9.70. The van der Waals surface area contributed by atoms with Gasteiger partial charge >= 0.3 is 0 Å². The number of carbonyl (C=O) groups is 2. The summed E-state index contributed by atoms with van der Waals surface area (Å²) >= 11 is 0. The van der Waals surface area contributed by atoms with Gasteiger partial charge in [-0.3, -0.25) is 14.3 Å². The second-order valence-corrected chi connectivity index (χ2v) is 7.77. The Morgan fingerprint density at radius 2 is 1.86 bits per heavy atom. The number of benzene rings is 1. The maximum absolute atomic E-state index is 13.0. The molecule has 1 atom stereocenters. The molecule has 2 aromatic rings.